The van der Waals surface area contributed by atoms with Gasteiger partial charge in [-0.2, -0.15) is 0 Å². The van der Waals surface area contributed by atoms with Crippen molar-refractivity contribution in [2.45, 2.75) is 53.4 Å². The molecule has 0 saturated carbocycles. The Morgan fingerprint density at radius 1 is 0.837 bits per heavy atom. The molecule has 0 bridgehead atoms. The van der Waals surface area contributed by atoms with Crippen molar-refractivity contribution in [2.75, 3.05) is 0 Å². The average molecular weight is 747 g/mol. The summed E-state index contributed by atoms with van der Waals surface area (Å²) in [6.07, 6.45) is 8.74. The molecule has 0 aliphatic rings. The van der Waals surface area contributed by atoms with Gasteiger partial charge in [-0.15, -0.1) is 17.5 Å². The van der Waals surface area contributed by atoms with Crippen LogP contribution in [0.25, 0.3) is 59.9 Å². The molecule has 1 N–H and O–H groups in total. The zero-order valence-electron chi connectivity index (χ0n) is 25.0. The Hall–Kier alpha value is -3.86. The zero-order valence-corrected chi connectivity index (χ0v) is 27.4. The molecule has 43 heavy (non-hydrogen) atoms. The standard InChI is InChI=1S/C24H12N3.C13H24O2.Ir/c1-2-7-15-14(6-1)12-19-22-18(10-5-11-25-22)24-26-13-20-16-8-3-4-9-17(16)21(15)23(19)27(20)24;1-5-10(6-2)12(14)9-13(15)11(7-3)8-4;/h1-11,13H;9-11,14H,5-8H2,1-4H3;/q-1;;/b;12-9-;. The van der Waals surface area contributed by atoms with Crippen LogP contribution in [0.15, 0.2) is 84.9 Å². The van der Waals surface area contributed by atoms with Crippen LogP contribution < -0.4 is 0 Å². The molecule has 0 aliphatic carbocycles. The first-order valence-corrected chi connectivity index (χ1v) is 15.1. The number of rotatable bonds is 7. The molecule has 4 heterocycles. The Balaban J connectivity index is 0.000000201. The molecule has 7 aromatic rings. The van der Waals surface area contributed by atoms with Gasteiger partial charge in [0.15, 0.2) is 5.78 Å². The predicted molar refractivity (Wildman–Crippen MR) is 174 cm³/mol. The summed E-state index contributed by atoms with van der Waals surface area (Å²) in [7, 11) is 0. The minimum atomic E-state index is 0. The first kappa shape index (κ1) is 30.6. The summed E-state index contributed by atoms with van der Waals surface area (Å²) in [5.74, 6) is 0.547. The van der Waals surface area contributed by atoms with E-state index in [1.54, 1.807) is 0 Å². The number of pyridine rings is 3. The SMILES string of the molecule is CCC(CC)C(=O)/C=C(\O)C(CC)CC.[Ir].[c-]1c2ccccc2c2c3ccccc3c3cnc4c5cccnc5c1c2n34. The van der Waals surface area contributed by atoms with E-state index in [4.69, 9.17) is 9.97 Å². The fourth-order valence-corrected chi connectivity index (χ4v) is 6.37. The van der Waals surface area contributed by atoms with E-state index >= 15 is 0 Å². The topological polar surface area (TPSA) is 67.5 Å². The van der Waals surface area contributed by atoms with Crippen molar-refractivity contribution >= 4 is 65.7 Å². The van der Waals surface area contributed by atoms with E-state index in [0.29, 0.717) is 0 Å². The summed E-state index contributed by atoms with van der Waals surface area (Å²) in [6, 6.07) is 24.8. The predicted octanol–water partition coefficient (Wildman–Crippen LogP) is 9.60. The third kappa shape index (κ3) is 5.17. The Labute approximate surface area is 265 Å². The second-order valence-electron chi connectivity index (χ2n) is 11.0. The number of hydrogen-bond acceptors (Lipinski definition) is 4. The fourth-order valence-electron chi connectivity index (χ4n) is 6.37. The average Bonchev–Trinajstić information content (AvgIpc) is 3.48. The van der Waals surface area contributed by atoms with Crippen LogP contribution in [0.5, 0.6) is 0 Å². The molecule has 5 nitrogen and oxygen atoms in total. The van der Waals surface area contributed by atoms with Gasteiger partial charge in [-0.25, -0.2) is 4.98 Å². The molecule has 6 heteroatoms. The summed E-state index contributed by atoms with van der Waals surface area (Å²) in [6.45, 7) is 8.07. The third-order valence-corrected chi connectivity index (χ3v) is 8.75. The summed E-state index contributed by atoms with van der Waals surface area (Å²) in [5, 5.41) is 17.9. The molecule has 0 fully saturated rings. The van der Waals surface area contributed by atoms with Gasteiger partial charge in [0.1, 0.15) is 5.65 Å². The number of carbonyl (C=O) groups excluding carboxylic acids is 1. The molecular formula is C37H36IrN3O2-. The number of fused-ring (bicyclic) bond motifs is 8. The number of ketones is 1. The summed E-state index contributed by atoms with van der Waals surface area (Å²) >= 11 is 0. The van der Waals surface area contributed by atoms with Crippen LogP contribution in [0.2, 0.25) is 0 Å². The molecule has 0 amide bonds. The van der Waals surface area contributed by atoms with Crippen molar-refractivity contribution in [3.05, 3.63) is 91.0 Å². The number of hydrogen-bond donors (Lipinski definition) is 1. The number of benzene rings is 3. The maximum Gasteiger partial charge on any atom is 0.162 e. The van der Waals surface area contributed by atoms with Gasteiger partial charge in [-0.05, 0) is 42.7 Å². The quantitative estimate of drug-likeness (QED) is 0.0580. The van der Waals surface area contributed by atoms with E-state index < -0.39 is 0 Å². The Morgan fingerprint density at radius 2 is 1.47 bits per heavy atom. The van der Waals surface area contributed by atoms with Gasteiger partial charge in [0.2, 0.25) is 0 Å². The molecule has 0 spiro atoms. The van der Waals surface area contributed by atoms with E-state index in [-0.39, 0.29) is 43.5 Å². The molecule has 0 unspecified atom stereocenters. The Kier molecular flexibility index (Phi) is 9.10. The van der Waals surface area contributed by atoms with Crippen molar-refractivity contribution in [1.82, 2.24) is 14.4 Å². The molecule has 0 saturated heterocycles. The van der Waals surface area contributed by atoms with Crippen LogP contribution in [0.4, 0.5) is 0 Å². The smallest absolute Gasteiger partial charge is 0.162 e. The normalized spacial score (nSPS) is 12.2. The van der Waals surface area contributed by atoms with Crippen LogP contribution in [0.3, 0.4) is 0 Å². The largest absolute Gasteiger partial charge is 0.512 e. The van der Waals surface area contributed by atoms with Gasteiger partial charge < -0.3 is 9.51 Å². The first-order chi connectivity index (χ1) is 20.5. The van der Waals surface area contributed by atoms with E-state index in [9.17, 15) is 9.90 Å². The van der Waals surface area contributed by atoms with Crippen LogP contribution >= 0.6 is 0 Å². The number of nitrogens with zero attached hydrogens (tertiary/aromatic N) is 3. The summed E-state index contributed by atoms with van der Waals surface area (Å²) in [4.78, 5) is 21.2. The van der Waals surface area contributed by atoms with E-state index in [1.165, 1.54) is 27.6 Å². The number of aromatic nitrogens is 3. The van der Waals surface area contributed by atoms with E-state index in [0.717, 1.165) is 64.0 Å². The van der Waals surface area contributed by atoms with Crippen molar-refractivity contribution in [1.29, 1.82) is 0 Å². The second kappa shape index (κ2) is 12.8. The molecule has 0 atom stereocenters. The molecule has 3 aromatic carbocycles. The van der Waals surface area contributed by atoms with E-state index in [1.807, 2.05) is 46.2 Å². The number of aliphatic hydroxyl groups is 1. The number of aliphatic hydroxyl groups excluding tert-OH is 1. The van der Waals surface area contributed by atoms with Crippen molar-refractivity contribution in [2.24, 2.45) is 11.8 Å². The second-order valence-corrected chi connectivity index (χ2v) is 11.0. The van der Waals surface area contributed by atoms with Gasteiger partial charge in [-0.1, -0.05) is 92.4 Å². The Morgan fingerprint density at radius 3 is 2.16 bits per heavy atom. The molecule has 0 aliphatic heterocycles. The third-order valence-electron chi connectivity index (χ3n) is 8.75. The molecule has 7 rings (SSSR count). The molecule has 1 radical (unpaired) electrons. The monoisotopic (exact) mass is 747 g/mol. The van der Waals surface area contributed by atoms with Crippen LogP contribution in [0.1, 0.15) is 53.4 Å². The fraction of sp³-hybridized carbons (Fsp3) is 0.270. The maximum absolute atomic E-state index is 11.7. The van der Waals surface area contributed by atoms with Crippen LogP contribution in [-0.4, -0.2) is 25.3 Å². The summed E-state index contributed by atoms with van der Waals surface area (Å²) in [5.41, 5.74) is 4.21. The number of allylic oxidation sites excluding steroid dienone is 2. The summed E-state index contributed by atoms with van der Waals surface area (Å²) < 4.78 is 2.29. The maximum atomic E-state index is 11.7. The Bertz CT molecular complexity index is 2070. The van der Waals surface area contributed by atoms with E-state index in [2.05, 4.69) is 65.1 Å². The van der Waals surface area contributed by atoms with Gasteiger partial charge >= 0.3 is 0 Å². The van der Waals surface area contributed by atoms with Crippen LogP contribution in [-0.2, 0) is 24.9 Å². The van der Waals surface area contributed by atoms with Crippen molar-refractivity contribution in [3.8, 4) is 0 Å². The van der Waals surface area contributed by atoms with Crippen molar-refractivity contribution < 1.29 is 30.0 Å². The van der Waals surface area contributed by atoms with Gasteiger partial charge in [0.05, 0.1) is 17.5 Å². The zero-order chi connectivity index (χ0) is 29.4. The van der Waals surface area contributed by atoms with Gasteiger partial charge in [-0.3, -0.25) is 9.78 Å². The number of imidazole rings is 1. The molecule has 221 valence electrons. The molecular weight excluding hydrogens is 711 g/mol. The number of carbonyl (C=O) groups is 1. The molecule has 4 aromatic heterocycles. The van der Waals surface area contributed by atoms with Gasteiger partial charge in [0.25, 0.3) is 0 Å². The van der Waals surface area contributed by atoms with Gasteiger partial charge in [0, 0.05) is 60.5 Å². The minimum Gasteiger partial charge on any atom is -0.512 e. The van der Waals surface area contributed by atoms with Crippen LogP contribution in [0, 0.1) is 17.9 Å². The first-order valence-electron chi connectivity index (χ1n) is 15.1. The van der Waals surface area contributed by atoms with Crippen molar-refractivity contribution in [3.63, 3.8) is 0 Å². The minimum absolute atomic E-state index is 0.